The lowest BCUT2D eigenvalue weighted by Gasteiger charge is -2.41. The average Bonchev–Trinajstić information content (AvgIpc) is 0.913. The lowest BCUT2D eigenvalue weighted by Crippen LogP contribution is -2.61. The van der Waals surface area contributed by atoms with Crippen LogP contribution in [0.15, 0.2) is 12.2 Å². The summed E-state index contributed by atoms with van der Waals surface area (Å²) >= 11 is 0. The van der Waals surface area contributed by atoms with Crippen molar-refractivity contribution < 1.29 is 49.3 Å². The number of aliphatic hydroxyl groups is 5. The minimum atomic E-state index is -1.61. The van der Waals surface area contributed by atoms with Crippen molar-refractivity contribution in [2.24, 2.45) is 0 Å². The number of unbranched alkanes of at least 4 members (excludes halogenated alkanes) is 60. The van der Waals surface area contributed by atoms with Crippen molar-refractivity contribution in [2.75, 3.05) is 13.2 Å². The Morgan fingerprint density at radius 1 is 0.409 bits per heavy atom. The fourth-order valence-electron chi connectivity index (χ4n) is 13.7. The summed E-state index contributed by atoms with van der Waals surface area (Å²) in [6.07, 6.45) is 75.7. The Bertz CT molecular complexity index is 1570. The second-order valence-corrected chi connectivity index (χ2v) is 29.2. The molecule has 0 spiro atoms. The molecule has 1 saturated heterocycles. The van der Waals surface area contributed by atoms with E-state index in [4.69, 9.17) is 14.2 Å². The zero-order chi connectivity index (χ0) is 67.4. The highest BCUT2D eigenvalue weighted by atomic mass is 16.7. The summed E-state index contributed by atoms with van der Waals surface area (Å²) in [6, 6.07) is -1.02. The van der Waals surface area contributed by atoms with Gasteiger partial charge in [-0.3, -0.25) is 9.59 Å². The second kappa shape index (κ2) is 70.3. The molecular weight excluding hydrogens is 1160 g/mol. The van der Waals surface area contributed by atoms with Crippen LogP contribution in [0.5, 0.6) is 0 Å². The molecule has 0 aromatic heterocycles. The maximum Gasteiger partial charge on any atom is 0.306 e. The fraction of sp³-hybridized carbons (Fsp3) is 0.951. The van der Waals surface area contributed by atoms with Crippen LogP contribution in [-0.2, 0) is 23.8 Å². The summed E-state index contributed by atoms with van der Waals surface area (Å²) in [5.74, 6) is -1.16. The predicted octanol–water partition coefficient (Wildman–Crippen LogP) is 22.5. The number of allylic oxidation sites excluding steroid dienone is 1. The third-order valence-corrected chi connectivity index (χ3v) is 20.2. The second-order valence-electron chi connectivity index (χ2n) is 29.2. The highest BCUT2D eigenvalue weighted by molar-refractivity contribution is 5.80. The highest BCUT2D eigenvalue weighted by Crippen LogP contribution is 2.27. The number of ether oxygens (including phenoxy) is 3. The van der Waals surface area contributed by atoms with Gasteiger partial charge < -0.3 is 45.1 Å². The molecule has 0 aliphatic carbocycles. The summed E-state index contributed by atoms with van der Waals surface area (Å²) in [7, 11) is 0. The van der Waals surface area contributed by atoms with Gasteiger partial charge in [-0.25, -0.2) is 0 Å². The number of hydrogen-bond donors (Lipinski definition) is 6. The molecule has 0 bridgehead atoms. The van der Waals surface area contributed by atoms with Crippen molar-refractivity contribution in [1.82, 2.24) is 5.32 Å². The van der Waals surface area contributed by atoms with Gasteiger partial charge in [-0.1, -0.05) is 418 Å². The lowest BCUT2D eigenvalue weighted by atomic mass is 9.99. The summed E-state index contributed by atoms with van der Waals surface area (Å²) in [5.41, 5.74) is 0. The number of aliphatic hydroxyl groups excluding tert-OH is 5. The molecule has 1 aliphatic heterocycles. The van der Waals surface area contributed by atoms with E-state index in [0.717, 1.165) is 57.8 Å². The molecule has 11 nitrogen and oxygen atoms in total. The molecule has 93 heavy (non-hydrogen) atoms. The number of hydrogen-bond acceptors (Lipinski definition) is 10. The fourth-order valence-corrected chi connectivity index (χ4v) is 13.7. The normalized spacial score (nSPS) is 17.8. The first kappa shape index (κ1) is 89.4. The SMILES string of the molecule is CCCCCCCCCCCCC/C=C/C(O)C(COC1OC(CO)C(O)C(O)C1OC(=O)CCCCCCCCCCCCCCCCCCCCCCCCCCC)NC(=O)C(O)CCCCCCCCCCCCCCCCCCCCCCCCCCCC. The molecule has 1 fully saturated rings. The first-order valence-electron chi connectivity index (χ1n) is 41.5. The Morgan fingerprint density at radius 3 is 1.01 bits per heavy atom. The van der Waals surface area contributed by atoms with Crippen molar-refractivity contribution in [2.45, 2.75) is 487 Å². The molecule has 11 heteroatoms. The third-order valence-electron chi connectivity index (χ3n) is 20.2. The van der Waals surface area contributed by atoms with E-state index in [1.165, 1.54) is 334 Å². The number of rotatable bonds is 74. The zero-order valence-corrected chi connectivity index (χ0v) is 61.9. The van der Waals surface area contributed by atoms with Gasteiger partial charge in [0.2, 0.25) is 5.91 Å². The molecule has 1 aliphatic rings. The number of nitrogens with one attached hydrogen (secondary N) is 1. The van der Waals surface area contributed by atoms with E-state index in [9.17, 15) is 35.1 Å². The molecule has 0 saturated carbocycles. The van der Waals surface area contributed by atoms with Crippen molar-refractivity contribution in [3.63, 3.8) is 0 Å². The van der Waals surface area contributed by atoms with E-state index >= 15 is 0 Å². The minimum absolute atomic E-state index is 0.133. The number of esters is 1. The van der Waals surface area contributed by atoms with E-state index in [0.29, 0.717) is 19.3 Å². The first-order valence-corrected chi connectivity index (χ1v) is 41.5. The van der Waals surface area contributed by atoms with Crippen molar-refractivity contribution in [3.8, 4) is 0 Å². The number of carbonyl (C=O) groups is 2. The summed E-state index contributed by atoms with van der Waals surface area (Å²) in [6.45, 7) is 5.90. The molecule has 8 atom stereocenters. The zero-order valence-electron chi connectivity index (χ0n) is 61.9. The topological polar surface area (TPSA) is 175 Å². The Labute approximate surface area is 576 Å². The Hall–Kier alpha value is -1.60. The quantitative estimate of drug-likeness (QED) is 0.0195. The standard InChI is InChI=1S/C82H159NO10/c1-4-7-10-13-16-19-22-25-27-29-31-33-35-37-39-40-42-44-46-48-51-54-57-60-63-66-69-75(86)81(90)83-73(74(85)68-65-62-59-56-53-50-24-21-18-15-12-9-6-3)72-91-82-80(79(89)78(88)76(71-84)92-82)93-77(87)70-67-64-61-58-55-52-49-47-45-43-41-38-36-34-32-30-28-26-23-20-17-14-11-8-5-2/h65,68,73-76,78-80,82,84-86,88-89H,4-64,66-67,69-72H2,1-3H3,(H,83,90)/b68-65+. The molecule has 1 heterocycles. The Balaban J connectivity index is 2.47. The molecule has 0 aromatic carbocycles. The van der Waals surface area contributed by atoms with Gasteiger partial charge in [-0.15, -0.1) is 0 Å². The van der Waals surface area contributed by atoms with E-state index in [1.54, 1.807) is 6.08 Å². The van der Waals surface area contributed by atoms with Gasteiger partial charge in [-0.05, 0) is 25.7 Å². The van der Waals surface area contributed by atoms with Crippen molar-refractivity contribution in [1.29, 1.82) is 0 Å². The smallest absolute Gasteiger partial charge is 0.306 e. The Morgan fingerprint density at radius 2 is 0.699 bits per heavy atom. The molecule has 6 N–H and O–H groups in total. The molecule has 1 amide bonds. The van der Waals surface area contributed by atoms with Gasteiger partial charge in [0.25, 0.3) is 0 Å². The summed E-state index contributed by atoms with van der Waals surface area (Å²) in [5, 5.41) is 57.5. The lowest BCUT2D eigenvalue weighted by molar-refractivity contribution is -0.305. The summed E-state index contributed by atoms with van der Waals surface area (Å²) < 4.78 is 17.8. The molecule has 8 unspecified atom stereocenters. The predicted molar refractivity (Wildman–Crippen MR) is 394 cm³/mol. The number of amides is 1. The van der Waals surface area contributed by atoms with Gasteiger partial charge in [0, 0.05) is 6.42 Å². The van der Waals surface area contributed by atoms with Crippen LogP contribution < -0.4 is 5.32 Å². The molecule has 552 valence electrons. The van der Waals surface area contributed by atoms with E-state index in [2.05, 4.69) is 26.1 Å². The average molecular weight is 1320 g/mol. The van der Waals surface area contributed by atoms with Crippen LogP contribution in [0.3, 0.4) is 0 Å². The van der Waals surface area contributed by atoms with Gasteiger partial charge in [-0.2, -0.15) is 0 Å². The van der Waals surface area contributed by atoms with Crippen LogP contribution in [0.25, 0.3) is 0 Å². The molecular formula is C82H159NO10. The number of carbonyl (C=O) groups excluding carboxylic acids is 2. The molecule has 1 rings (SSSR count). The van der Waals surface area contributed by atoms with Crippen molar-refractivity contribution >= 4 is 11.9 Å². The summed E-state index contributed by atoms with van der Waals surface area (Å²) in [4.78, 5) is 26.8. The van der Waals surface area contributed by atoms with Crippen LogP contribution >= 0.6 is 0 Å². The molecule has 0 aromatic rings. The highest BCUT2D eigenvalue weighted by Gasteiger charge is 2.47. The van der Waals surface area contributed by atoms with Crippen LogP contribution in [0.4, 0.5) is 0 Å². The van der Waals surface area contributed by atoms with Gasteiger partial charge in [0.15, 0.2) is 12.4 Å². The van der Waals surface area contributed by atoms with Crippen LogP contribution in [0.2, 0.25) is 0 Å². The van der Waals surface area contributed by atoms with E-state index < -0.39 is 67.4 Å². The Kier molecular flexibility index (Phi) is 67.6. The van der Waals surface area contributed by atoms with Gasteiger partial charge >= 0.3 is 5.97 Å². The van der Waals surface area contributed by atoms with Crippen LogP contribution in [0.1, 0.15) is 438 Å². The maximum atomic E-state index is 13.6. The first-order chi connectivity index (χ1) is 45.7. The van der Waals surface area contributed by atoms with Gasteiger partial charge in [0.05, 0.1) is 25.4 Å². The minimum Gasteiger partial charge on any atom is -0.454 e. The maximum absolute atomic E-state index is 13.6. The molecule has 0 radical (unpaired) electrons. The monoisotopic (exact) mass is 1320 g/mol. The van der Waals surface area contributed by atoms with Crippen molar-refractivity contribution in [3.05, 3.63) is 12.2 Å². The largest absolute Gasteiger partial charge is 0.454 e. The third kappa shape index (κ3) is 56.9. The van der Waals surface area contributed by atoms with E-state index in [1.807, 2.05) is 6.08 Å². The van der Waals surface area contributed by atoms with Gasteiger partial charge in [0.1, 0.15) is 24.4 Å². The van der Waals surface area contributed by atoms with Crippen LogP contribution in [0, 0.1) is 0 Å². The van der Waals surface area contributed by atoms with E-state index in [-0.39, 0.29) is 13.0 Å². The van der Waals surface area contributed by atoms with Crippen LogP contribution in [-0.4, -0.2) is 99.6 Å².